The monoisotopic (exact) mass is 298 g/mol. The van der Waals surface area contributed by atoms with Crippen LogP contribution in [0.1, 0.15) is 36.7 Å². The second kappa shape index (κ2) is 7.61. The maximum Gasteiger partial charge on any atom is 0.117 e. The molecule has 2 heterocycles. The number of hydrogen-bond acceptors (Lipinski definition) is 3. The molecule has 2 aromatic rings. The van der Waals surface area contributed by atoms with Gasteiger partial charge in [-0.3, -0.25) is 4.90 Å². The fraction of sp³-hybridized carbons (Fsp3) is 0.474. The first-order valence-electron chi connectivity index (χ1n) is 8.33. The van der Waals surface area contributed by atoms with E-state index in [9.17, 15) is 0 Å². The molecule has 0 bridgehead atoms. The van der Waals surface area contributed by atoms with Gasteiger partial charge >= 0.3 is 0 Å². The van der Waals surface area contributed by atoms with Crippen LogP contribution in [0.3, 0.4) is 0 Å². The van der Waals surface area contributed by atoms with Gasteiger partial charge < -0.3 is 9.73 Å². The van der Waals surface area contributed by atoms with Gasteiger partial charge in [0, 0.05) is 13.1 Å². The molecule has 1 saturated heterocycles. The van der Waals surface area contributed by atoms with E-state index in [1.54, 1.807) is 6.26 Å². The summed E-state index contributed by atoms with van der Waals surface area (Å²) in [7, 11) is 0. The fourth-order valence-electron chi connectivity index (χ4n) is 3.06. The normalized spacial score (nSPS) is 17.0. The highest BCUT2D eigenvalue weighted by Gasteiger charge is 2.15. The Morgan fingerprint density at radius 3 is 2.68 bits per heavy atom. The fourth-order valence-corrected chi connectivity index (χ4v) is 3.06. The SMILES string of the molecule is CC1CCN(Cc2cccc(CNCc3ccco3)c2)CC1. The highest BCUT2D eigenvalue weighted by molar-refractivity contribution is 5.23. The van der Waals surface area contributed by atoms with Crippen LogP contribution in [0.25, 0.3) is 0 Å². The third-order valence-electron chi connectivity index (χ3n) is 4.48. The summed E-state index contributed by atoms with van der Waals surface area (Å²) in [4.78, 5) is 2.58. The van der Waals surface area contributed by atoms with Gasteiger partial charge in [-0.25, -0.2) is 0 Å². The number of benzene rings is 1. The molecule has 0 radical (unpaired) electrons. The summed E-state index contributed by atoms with van der Waals surface area (Å²) in [6.45, 7) is 7.58. The molecule has 0 saturated carbocycles. The van der Waals surface area contributed by atoms with Crippen LogP contribution < -0.4 is 5.32 Å². The van der Waals surface area contributed by atoms with Gasteiger partial charge in [0.15, 0.2) is 0 Å². The molecular weight excluding hydrogens is 272 g/mol. The number of furan rings is 1. The molecule has 22 heavy (non-hydrogen) atoms. The first-order chi connectivity index (χ1) is 10.8. The van der Waals surface area contributed by atoms with Crippen molar-refractivity contribution in [3.63, 3.8) is 0 Å². The van der Waals surface area contributed by atoms with Gasteiger partial charge in [-0.05, 0) is 55.1 Å². The van der Waals surface area contributed by atoms with Crippen molar-refractivity contribution >= 4 is 0 Å². The van der Waals surface area contributed by atoms with Gasteiger partial charge in [-0.2, -0.15) is 0 Å². The van der Waals surface area contributed by atoms with E-state index < -0.39 is 0 Å². The van der Waals surface area contributed by atoms with E-state index in [1.807, 2.05) is 12.1 Å². The van der Waals surface area contributed by atoms with Crippen LogP contribution in [0.5, 0.6) is 0 Å². The summed E-state index contributed by atoms with van der Waals surface area (Å²) >= 11 is 0. The van der Waals surface area contributed by atoms with E-state index in [0.29, 0.717) is 0 Å². The maximum absolute atomic E-state index is 5.34. The minimum Gasteiger partial charge on any atom is -0.468 e. The number of nitrogens with zero attached hydrogens (tertiary/aromatic N) is 1. The Labute approximate surface area is 133 Å². The Hall–Kier alpha value is -1.58. The zero-order valence-electron chi connectivity index (χ0n) is 13.4. The van der Waals surface area contributed by atoms with E-state index in [0.717, 1.165) is 31.3 Å². The summed E-state index contributed by atoms with van der Waals surface area (Å²) in [5.41, 5.74) is 2.77. The average Bonchev–Trinajstić information content (AvgIpc) is 3.03. The minimum atomic E-state index is 0.779. The van der Waals surface area contributed by atoms with E-state index in [2.05, 4.69) is 41.4 Å². The van der Waals surface area contributed by atoms with Gasteiger partial charge in [0.25, 0.3) is 0 Å². The number of nitrogens with one attached hydrogen (secondary N) is 1. The number of likely N-dealkylation sites (tertiary alicyclic amines) is 1. The Morgan fingerprint density at radius 2 is 1.91 bits per heavy atom. The molecule has 0 atom stereocenters. The maximum atomic E-state index is 5.34. The highest BCUT2D eigenvalue weighted by atomic mass is 16.3. The van der Waals surface area contributed by atoms with Crippen LogP contribution in [-0.2, 0) is 19.6 Å². The van der Waals surface area contributed by atoms with Gasteiger partial charge in [0.05, 0.1) is 12.8 Å². The van der Waals surface area contributed by atoms with Crippen LogP contribution in [0.4, 0.5) is 0 Å². The van der Waals surface area contributed by atoms with Crippen LogP contribution in [-0.4, -0.2) is 18.0 Å². The standard InChI is InChI=1S/C19H26N2O/c1-16-7-9-21(10-8-16)15-18-5-2-4-17(12-18)13-20-14-19-6-3-11-22-19/h2-6,11-12,16,20H,7-10,13-15H2,1H3. The molecule has 1 N–H and O–H groups in total. The summed E-state index contributed by atoms with van der Waals surface area (Å²) < 4.78 is 5.34. The zero-order valence-corrected chi connectivity index (χ0v) is 13.4. The topological polar surface area (TPSA) is 28.4 Å². The van der Waals surface area contributed by atoms with Crippen molar-refractivity contribution in [1.82, 2.24) is 10.2 Å². The molecule has 0 spiro atoms. The molecule has 118 valence electrons. The molecule has 1 aliphatic rings. The van der Waals surface area contributed by atoms with Crippen molar-refractivity contribution in [1.29, 1.82) is 0 Å². The number of piperidine rings is 1. The van der Waals surface area contributed by atoms with E-state index in [4.69, 9.17) is 4.42 Å². The molecular formula is C19H26N2O. The lowest BCUT2D eigenvalue weighted by Crippen LogP contribution is -2.32. The predicted molar refractivity (Wildman–Crippen MR) is 89.4 cm³/mol. The molecule has 1 fully saturated rings. The number of rotatable bonds is 6. The molecule has 3 heteroatoms. The molecule has 1 aromatic carbocycles. The van der Waals surface area contributed by atoms with Crippen LogP contribution in [0.15, 0.2) is 47.1 Å². The molecule has 1 aromatic heterocycles. The summed E-state index contributed by atoms with van der Waals surface area (Å²) in [5.74, 6) is 1.88. The second-order valence-corrected chi connectivity index (χ2v) is 6.46. The Balaban J connectivity index is 1.49. The quantitative estimate of drug-likeness (QED) is 0.879. The first-order valence-corrected chi connectivity index (χ1v) is 8.33. The zero-order chi connectivity index (χ0) is 15.2. The molecule has 0 amide bonds. The van der Waals surface area contributed by atoms with Gasteiger partial charge in [-0.1, -0.05) is 31.2 Å². The van der Waals surface area contributed by atoms with E-state index >= 15 is 0 Å². The van der Waals surface area contributed by atoms with Gasteiger partial charge in [0.2, 0.25) is 0 Å². The third kappa shape index (κ3) is 4.46. The smallest absolute Gasteiger partial charge is 0.117 e. The largest absolute Gasteiger partial charge is 0.468 e. The van der Waals surface area contributed by atoms with E-state index in [-0.39, 0.29) is 0 Å². The van der Waals surface area contributed by atoms with Crippen molar-refractivity contribution in [2.75, 3.05) is 13.1 Å². The summed E-state index contributed by atoms with van der Waals surface area (Å²) in [6.07, 6.45) is 4.39. The van der Waals surface area contributed by atoms with Crippen LogP contribution in [0.2, 0.25) is 0 Å². The van der Waals surface area contributed by atoms with Crippen molar-refractivity contribution in [3.8, 4) is 0 Å². The molecule has 1 aliphatic heterocycles. The molecule has 3 rings (SSSR count). The second-order valence-electron chi connectivity index (χ2n) is 6.46. The van der Waals surface area contributed by atoms with Crippen LogP contribution >= 0.6 is 0 Å². The lowest BCUT2D eigenvalue weighted by molar-refractivity contribution is 0.185. The predicted octanol–water partition coefficient (Wildman–Crippen LogP) is 3.80. The summed E-state index contributed by atoms with van der Waals surface area (Å²) in [5, 5.41) is 3.43. The van der Waals surface area contributed by atoms with Gasteiger partial charge in [-0.15, -0.1) is 0 Å². The summed E-state index contributed by atoms with van der Waals surface area (Å²) in [6, 6.07) is 12.9. The van der Waals surface area contributed by atoms with Crippen molar-refractivity contribution in [3.05, 3.63) is 59.5 Å². The minimum absolute atomic E-state index is 0.779. The van der Waals surface area contributed by atoms with Crippen LogP contribution in [0, 0.1) is 5.92 Å². The highest BCUT2D eigenvalue weighted by Crippen LogP contribution is 2.18. The van der Waals surface area contributed by atoms with Crippen molar-refractivity contribution in [2.24, 2.45) is 5.92 Å². The Kier molecular flexibility index (Phi) is 5.30. The average molecular weight is 298 g/mol. The first kappa shape index (κ1) is 15.3. The lowest BCUT2D eigenvalue weighted by Gasteiger charge is -2.30. The van der Waals surface area contributed by atoms with E-state index in [1.165, 1.54) is 37.1 Å². The molecule has 0 unspecified atom stereocenters. The van der Waals surface area contributed by atoms with Crippen molar-refractivity contribution in [2.45, 2.75) is 39.4 Å². The number of hydrogen-bond donors (Lipinski definition) is 1. The Morgan fingerprint density at radius 1 is 1.09 bits per heavy atom. The molecule has 0 aliphatic carbocycles. The third-order valence-corrected chi connectivity index (χ3v) is 4.48. The lowest BCUT2D eigenvalue weighted by atomic mass is 9.98. The van der Waals surface area contributed by atoms with Crippen molar-refractivity contribution < 1.29 is 4.42 Å². The molecule has 3 nitrogen and oxygen atoms in total. The Bertz CT molecular complexity index is 557. The van der Waals surface area contributed by atoms with Gasteiger partial charge in [0.1, 0.15) is 5.76 Å².